The molecule has 0 aliphatic rings. The van der Waals surface area contributed by atoms with Crippen molar-refractivity contribution in [2.24, 2.45) is 0 Å². The van der Waals surface area contributed by atoms with Crippen LogP contribution < -0.4 is 0 Å². The summed E-state index contributed by atoms with van der Waals surface area (Å²) in [5.41, 5.74) is 2.58. The molecule has 0 spiro atoms. The Morgan fingerprint density at radius 3 is 2.24 bits per heavy atom. The minimum absolute atomic E-state index is 0.268. The molecule has 4 rings (SSSR count). The highest BCUT2D eigenvalue weighted by atomic mass is 35.5. The summed E-state index contributed by atoms with van der Waals surface area (Å²) in [5.74, 6) is 0.585. The van der Waals surface area contributed by atoms with Crippen molar-refractivity contribution in [3.05, 3.63) is 69.0 Å². The molecular weight excluding hydrogens is 402 g/mol. The topological polar surface area (TPSA) is 43.6 Å². The van der Waals surface area contributed by atoms with Crippen LogP contribution in [0, 0.1) is 0 Å². The molecule has 0 saturated heterocycles. The van der Waals surface area contributed by atoms with Crippen molar-refractivity contribution < 1.29 is 0 Å². The maximum atomic E-state index is 6.39. The number of aromatic nitrogens is 4. The fourth-order valence-corrected chi connectivity index (χ4v) is 3.34. The van der Waals surface area contributed by atoms with Crippen LogP contribution in [0.25, 0.3) is 28.2 Å². The van der Waals surface area contributed by atoms with Crippen LogP contribution in [-0.4, -0.2) is 19.5 Å². The standard InChI is InChI=1S/C17H8Cl4N4/c18-9-1-4-11(5-2-9)25-16(12-6-3-10(19)7-13(12)20)24-14-15(21)22-8-23-17(14)25/h1-8H. The molecule has 2 aromatic heterocycles. The summed E-state index contributed by atoms with van der Waals surface area (Å²) < 4.78 is 1.86. The van der Waals surface area contributed by atoms with E-state index in [0.29, 0.717) is 37.6 Å². The van der Waals surface area contributed by atoms with E-state index in [4.69, 9.17) is 46.4 Å². The van der Waals surface area contributed by atoms with Gasteiger partial charge in [-0.3, -0.25) is 4.57 Å². The molecule has 2 heterocycles. The molecule has 0 fully saturated rings. The zero-order valence-corrected chi connectivity index (χ0v) is 15.4. The normalized spacial score (nSPS) is 11.2. The van der Waals surface area contributed by atoms with Crippen LogP contribution in [-0.2, 0) is 0 Å². The van der Waals surface area contributed by atoms with Crippen LogP contribution in [0.5, 0.6) is 0 Å². The molecule has 0 radical (unpaired) electrons. The number of nitrogens with zero attached hydrogens (tertiary/aromatic N) is 4. The van der Waals surface area contributed by atoms with E-state index in [1.54, 1.807) is 30.3 Å². The van der Waals surface area contributed by atoms with Crippen LogP contribution in [0.15, 0.2) is 48.8 Å². The second-order valence-corrected chi connectivity index (χ2v) is 6.85. The second kappa shape index (κ2) is 6.46. The SMILES string of the molecule is Clc1ccc(-n2c(-c3ccc(Cl)cc3Cl)nc3c(Cl)ncnc32)cc1. The second-order valence-electron chi connectivity index (χ2n) is 5.21. The van der Waals surface area contributed by atoms with Crippen molar-refractivity contribution in [2.75, 3.05) is 0 Å². The van der Waals surface area contributed by atoms with Crippen LogP contribution in [0.2, 0.25) is 20.2 Å². The number of rotatable bonds is 2. The smallest absolute Gasteiger partial charge is 0.169 e. The Hall–Kier alpha value is -1.85. The van der Waals surface area contributed by atoms with E-state index in [0.717, 1.165) is 5.69 Å². The molecule has 0 aliphatic heterocycles. The van der Waals surface area contributed by atoms with E-state index in [1.807, 2.05) is 16.7 Å². The largest absolute Gasteiger partial charge is 0.277 e. The van der Waals surface area contributed by atoms with E-state index in [-0.39, 0.29) is 5.15 Å². The van der Waals surface area contributed by atoms with Gasteiger partial charge >= 0.3 is 0 Å². The lowest BCUT2D eigenvalue weighted by Gasteiger charge is -2.10. The Morgan fingerprint density at radius 2 is 1.52 bits per heavy atom. The van der Waals surface area contributed by atoms with Crippen molar-refractivity contribution in [2.45, 2.75) is 0 Å². The van der Waals surface area contributed by atoms with Gasteiger partial charge in [-0.1, -0.05) is 46.4 Å². The van der Waals surface area contributed by atoms with Crippen LogP contribution in [0.1, 0.15) is 0 Å². The number of hydrogen-bond acceptors (Lipinski definition) is 3. The molecule has 0 atom stereocenters. The van der Waals surface area contributed by atoms with Crippen molar-refractivity contribution >= 4 is 57.6 Å². The predicted octanol–water partition coefficient (Wildman–Crippen LogP) is 6.10. The summed E-state index contributed by atoms with van der Waals surface area (Å²) in [6, 6.07) is 12.5. The first-order valence-corrected chi connectivity index (χ1v) is 8.66. The first-order valence-electron chi connectivity index (χ1n) is 7.15. The Kier molecular flexibility index (Phi) is 4.29. The van der Waals surface area contributed by atoms with Crippen LogP contribution >= 0.6 is 46.4 Å². The first-order chi connectivity index (χ1) is 12.0. The van der Waals surface area contributed by atoms with Gasteiger partial charge in [0.1, 0.15) is 17.7 Å². The zero-order chi connectivity index (χ0) is 17.6. The molecule has 0 amide bonds. The van der Waals surface area contributed by atoms with Gasteiger partial charge in [0, 0.05) is 21.3 Å². The summed E-state index contributed by atoms with van der Waals surface area (Å²) in [6.45, 7) is 0. The quantitative estimate of drug-likeness (QED) is 0.376. The van der Waals surface area contributed by atoms with Gasteiger partial charge in [0.2, 0.25) is 0 Å². The highest BCUT2D eigenvalue weighted by molar-refractivity contribution is 6.36. The van der Waals surface area contributed by atoms with Gasteiger partial charge in [0.15, 0.2) is 10.8 Å². The Balaban J connectivity index is 2.08. The molecule has 2 aromatic carbocycles. The molecule has 25 heavy (non-hydrogen) atoms. The van der Waals surface area contributed by atoms with Crippen molar-refractivity contribution in [1.82, 2.24) is 19.5 Å². The molecule has 0 aliphatic carbocycles. The molecule has 0 bridgehead atoms. The third-order valence-corrected chi connectivity index (χ3v) is 4.73. The summed E-state index contributed by atoms with van der Waals surface area (Å²) >= 11 is 24.6. The number of imidazole rings is 1. The van der Waals surface area contributed by atoms with Gasteiger partial charge in [-0.25, -0.2) is 15.0 Å². The minimum atomic E-state index is 0.268. The summed E-state index contributed by atoms with van der Waals surface area (Å²) in [6.07, 6.45) is 1.39. The van der Waals surface area contributed by atoms with Gasteiger partial charge in [-0.2, -0.15) is 0 Å². The van der Waals surface area contributed by atoms with Gasteiger partial charge in [-0.15, -0.1) is 0 Å². The molecule has 0 unspecified atom stereocenters. The summed E-state index contributed by atoms with van der Waals surface area (Å²) in [5, 5.41) is 1.92. The fraction of sp³-hybridized carbons (Fsp3) is 0. The third kappa shape index (κ3) is 2.96. The lowest BCUT2D eigenvalue weighted by molar-refractivity contribution is 1.07. The van der Waals surface area contributed by atoms with Gasteiger partial charge in [0.05, 0.1) is 5.02 Å². The maximum Gasteiger partial charge on any atom is 0.169 e. The Labute approximate surface area is 163 Å². The summed E-state index contributed by atoms with van der Waals surface area (Å²) in [7, 11) is 0. The minimum Gasteiger partial charge on any atom is -0.277 e. The lowest BCUT2D eigenvalue weighted by Crippen LogP contribution is -1.99. The fourth-order valence-electron chi connectivity index (χ4n) is 2.55. The Morgan fingerprint density at radius 1 is 0.800 bits per heavy atom. The zero-order valence-electron chi connectivity index (χ0n) is 12.4. The monoisotopic (exact) mass is 408 g/mol. The highest BCUT2D eigenvalue weighted by Crippen LogP contribution is 2.35. The molecule has 8 heteroatoms. The lowest BCUT2D eigenvalue weighted by atomic mass is 10.2. The Bertz CT molecular complexity index is 1090. The molecule has 0 saturated carbocycles. The maximum absolute atomic E-state index is 6.39. The molecule has 4 aromatic rings. The van der Waals surface area contributed by atoms with Crippen LogP contribution in [0.3, 0.4) is 0 Å². The van der Waals surface area contributed by atoms with Crippen LogP contribution in [0.4, 0.5) is 0 Å². The number of hydrogen-bond donors (Lipinski definition) is 0. The van der Waals surface area contributed by atoms with Crippen molar-refractivity contribution in [3.8, 4) is 17.1 Å². The van der Waals surface area contributed by atoms with Gasteiger partial charge in [-0.05, 0) is 42.5 Å². The predicted molar refractivity (Wildman–Crippen MR) is 102 cm³/mol. The van der Waals surface area contributed by atoms with E-state index in [1.165, 1.54) is 6.33 Å². The average Bonchev–Trinajstić information content (AvgIpc) is 2.96. The number of benzene rings is 2. The number of halogens is 4. The van der Waals surface area contributed by atoms with E-state index < -0.39 is 0 Å². The van der Waals surface area contributed by atoms with Crippen molar-refractivity contribution in [3.63, 3.8) is 0 Å². The number of fused-ring (bicyclic) bond motifs is 1. The van der Waals surface area contributed by atoms with E-state index in [9.17, 15) is 0 Å². The van der Waals surface area contributed by atoms with Gasteiger partial charge in [0.25, 0.3) is 0 Å². The van der Waals surface area contributed by atoms with Gasteiger partial charge < -0.3 is 0 Å². The van der Waals surface area contributed by atoms with E-state index in [2.05, 4.69) is 15.0 Å². The molecule has 0 N–H and O–H groups in total. The highest BCUT2D eigenvalue weighted by Gasteiger charge is 2.19. The van der Waals surface area contributed by atoms with Crippen molar-refractivity contribution in [1.29, 1.82) is 0 Å². The first kappa shape index (κ1) is 16.6. The third-order valence-electron chi connectivity index (χ3n) is 3.66. The van der Waals surface area contributed by atoms with E-state index >= 15 is 0 Å². The molecule has 124 valence electrons. The summed E-state index contributed by atoms with van der Waals surface area (Å²) in [4.78, 5) is 13.0. The average molecular weight is 410 g/mol. The molecular formula is C17H8Cl4N4. The molecule has 4 nitrogen and oxygen atoms in total.